The highest BCUT2D eigenvalue weighted by atomic mass is 16.8. The second-order valence-electron chi connectivity index (χ2n) is 17.5. The van der Waals surface area contributed by atoms with E-state index < -0.39 is 5.41 Å². The van der Waals surface area contributed by atoms with Crippen molar-refractivity contribution in [1.82, 2.24) is 0 Å². The van der Waals surface area contributed by atoms with Crippen LogP contribution < -0.4 is 10.5 Å². The number of amides is 1. The van der Waals surface area contributed by atoms with Gasteiger partial charge in [0.15, 0.2) is 5.78 Å². The molecule has 46 heavy (non-hydrogen) atoms. The van der Waals surface area contributed by atoms with Crippen molar-refractivity contribution in [2.75, 3.05) is 10.5 Å². The smallest absolute Gasteiger partial charge is 0.302 e. The molecule has 6 rings (SSSR count). The van der Waals surface area contributed by atoms with Gasteiger partial charge >= 0.3 is 5.97 Å². The molecule has 1 aromatic carbocycles. The quantitative estimate of drug-likeness (QED) is 0.253. The number of hydrogen-bond donors (Lipinski definition) is 2. The zero-order chi connectivity index (χ0) is 33.7. The third kappa shape index (κ3) is 4.71. The van der Waals surface area contributed by atoms with Gasteiger partial charge in [0.1, 0.15) is 6.10 Å². The molecule has 1 amide bonds. The van der Waals surface area contributed by atoms with Gasteiger partial charge in [-0.25, -0.2) is 0 Å². The highest BCUT2D eigenvalue weighted by molar-refractivity contribution is 5.97. The molecular weight excluding hydrogens is 580 g/mol. The molecule has 252 valence electrons. The number of esters is 1. The number of allylic oxidation sites excluding steroid dienone is 2. The molecule has 5 aliphatic rings. The first-order valence-corrected chi connectivity index (χ1v) is 17.3. The van der Waals surface area contributed by atoms with Gasteiger partial charge in [0.25, 0.3) is 0 Å². The van der Waals surface area contributed by atoms with E-state index in [1.165, 1.54) is 24.6 Å². The molecule has 5 aliphatic carbocycles. The van der Waals surface area contributed by atoms with Crippen LogP contribution in [0.25, 0.3) is 0 Å². The minimum Gasteiger partial charge on any atom is -0.733 e. The van der Waals surface area contributed by atoms with Crippen molar-refractivity contribution in [2.24, 2.45) is 50.2 Å². The van der Waals surface area contributed by atoms with Crippen LogP contribution in [0, 0.1) is 55.5 Å². The molecule has 0 bridgehead atoms. The van der Waals surface area contributed by atoms with E-state index in [0.717, 1.165) is 51.4 Å². The summed E-state index contributed by atoms with van der Waals surface area (Å²) in [6.45, 7) is 17.5. The lowest BCUT2D eigenvalue weighted by molar-refractivity contribution is -0.210. The molecule has 9 unspecified atom stereocenters. The van der Waals surface area contributed by atoms with Crippen LogP contribution in [-0.2, 0) is 19.1 Å². The Morgan fingerprint density at radius 1 is 0.978 bits per heavy atom. The van der Waals surface area contributed by atoms with Gasteiger partial charge in [0.2, 0.25) is 5.91 Å². The highest BCUT2D eigenvalue weighted by Gasteiger charge is 2.70. The van der Waals surface area contributed by atoms with Crippen LogP contribution >= 0.6 is 0 Å². The standard InChI is InChI=1S/C38H53N2O6/c1-23(41)46-30-13-14-36(6)29(33(30,2)3)12-15-38(8)31(36)28(42)21-26-27-22-35(5,17-16-34(27,4)18-19-37(26,38)7)32(43)39-24-10-9-11-25(20-24)40(44)45/h9-11,20-21,27,29-31,44H,12-19,22H2,1-8H3,(H,39,43)/q-1. The molecule has 9 atom stereocenters. The Morgan fingerprint density at radius 3 is 2.35 bits per heavy atom. The molecule has 0 saturated heterocycles. The van der Waals surface area contributed by atoms with Gasteiger partial charge in [-0.15, -0.1) is 0 Å². The molecule has 4 fully saturated rings. The summed E-state index contributed by atoms with van der Waals surface area (Å²) in [6.07, 6.45) is 9.90. The molecule has 0 heterocycles. The lowest BCUT2D eigenvalue weighted by Gasteiger charge is -2.70. The third-order valence-corrected chi connectivity index (χ3v) is 14.7. The van der Waals surface area contributed by atoms with E-state index in [4.69, 9.17) is 4.74 Å². The Morgan fingerprint density at radius 2 is 1.67 bits per heavy atom. The first kappa shape index (κ1) is 33.2. The van der Waals surface area contributed by atoms with Gasteiger partial charge in [0, 0.05) is 29.4 Å². The third-order valence-electron chi connectivity index (χ3n) is 14.7. The first-order chi connectivity index (χ1) is 21.3. The van der Waals surface area contributed by atoms with E-state index in [1.807, 2.05) is 13.0 Å². The summed E-state index contributed by atoms with van der Waals surface area (Å²) < 4.78 is 5.86. The summed E-state index contributed by atoms with van der Waals surface area (Å²) in [5, 5.41) is 23.6. The van der Waals surface area contributed by atoms with E-state index in [9.17, 15) is 24.8 Å². The maximum absolute atomic E-state index is 14.7. The minimum absolute atomic E-state index is 0.0135. The average molecular weight is 634 g/mol. The lowest BCUT2D eigenvalue weighted by atomic mass is 9.33. The SMILES string of the molecule is CC(=O)OC1CCC2(C)C(CCC3(C)C2C(=O)C=C2C4CC(C)(C(=O)Nc5cccc(N([O-])O)c5)CCC4(C)CCC23C)C1(C)C. The molecule has 0 aromatic heterocycles. The van der Waals surface area contributed by atoms with E-state index in [-0.39, 0.29) is 79.5 Å². The number of ether oxygens (including phenoxy) is 1. The van der Waals surface area contributed by atoms with E-state index in [2.05, 4.69) is 46.9 Å². The molecule has 4 saturated carbocycles. The number of carbonyl (C=O) groups is 3. The molecule has 0 aliphatic heterocycles. The summed E-state index contributed by atoms with van der Waals surface area (Å²) in [5.74, 6) is 0.190. The maximum atomic E-state index is 14.7. The van der Waals surface area contributed by atoms with Crippen molar-refractivity contribution in [2.45, 2.75) is 119 Å². The maximum Gasteiger partial charge on any atom is 0.302 e. The number of fused-ring (bicyclic) bond motifs is 7. The number of ketones is 1. The van der Waals surface area contributed by atoms with Crippen molar-refractivity contribution in [1.29, 1.82) is 0 Å². The van der Waals surface area contributed by atoms with Crippen molar-refractivity contribution >= 4 is 29.0 Å². The fourth-order valence-corrected chi connectivity index (χ4v) is 11.8. The predicted octanol–water partition coefficient (Wildman–Crippen LogP) is 8.23. The van der Waals surface area contributed by atoms with Crippen molar-refractivity contribution in [3.8, 4) is 0 Å². The van der Waals surface area contributed by atoms with E-state index >= 15 is 0 Å². The van der Waals surface area contributed by atoms with Crippen molar-refractivity contribution in [3.63, 3.8) is 0 Å². The van der Waals surface area contributed by atoms with Crippen LogP contribution in [0.2, 0.25) is 0 Å². The van der Waals surface area contributed by atoms with Gasteiger partial charge in [-0.05, 0) is 116 Å². The summed E-state index contributed by atoms with van der Waals surface area (Å²) in [4.78, 5) is 40.6. The minimum atomic E-state index is -0.654. The Kier molecular flexibility index (Phi) is 7.68. The largest absolute Gasteiger partial charge is 0.733 e. The molecule has 8 heteroatoms. The Bertz CT molecular complexity index is 1480. The van der Waals surface area contributed by atoms with Crippen molar-refractivity contribution in [3.05, 3.63) is 41.1 Å². The molecule has 2 N–H and O–H groups in total. The Labute approximate surface area is 274 Å². The van der Waals surface area contributed by atoms with E-state index in [0.29, 0.717) is 12.1 Å². The van der Waals surface area contributed by atoms with Crippen LogP contribution in [0.1, 0.15) is 113 Å². The summed E-state index contributed by atoms with van der Waals surface area (Å²) in [6, 6.07) is 6.31. The number of carbonyl (C=O) groups excluding carboxylic acids is 3. The Balaban J connectivity index is 1.33. The molecule has 1 aromatic rings. The first-order valence-electron chi connectivity index (χ1n) is 17.3. The monoisotopic (exact) mass is 633 g/mol. The normalized spacial score (nSPS) is 42.7. The van der Waals surface area contributed by atoms with Crippen LogP contribution in [0.3, 0.4) is 0 Å². The number of rotatable bonds is 4. The topological polar surface area (TPSA) is 119 Å². The van der Waals surface area contributed by atoms with Gasteiger partial charge in [0.05, 0.1) is 5.69 Å². The average Bonchev–Trinajstić information content (AvgIpc) is 2.96. The fraction of sp³-hybridized carbons (Fsp3) is 0.711. The molecule has 0 radical (unpaired) electrons. The van der Waals surface area contributed by atoms with Gasteiger partial charge in [-0.1, -0.05) is 60.1 Å². The van der Waals surface area contributed by atoms with Crippen LogP contribution in [0.5, 0.6) is 0 Å². The van der Waals surface area contributed by atoms with Crippen LogP contribution in [-0.4, -0.2) is 29.0 Å². The van der Waals surface area contributed by atoms with E-state index in [1.54, 1.807) is 12.1 Å². The summed E-state index contributed by atoms with van der Waals surface area (Å²) in [7, 11) is 0. The van der Waals surface area contributed by atoms with Gasteiger partial charge in [-0.3, -0.25) is 19.6 Å². The fourth-order valence-electron chi connectivity index (χ4n) is 11.8. The summed E-state index contributed by atoms with van der Waals surface area (Å²) in [5.41, 5.74) is 0.346. The molecule has 8 nitrogen and oxygen atoms in total. The second-order valence-corrected chi connectivity index (χ2v) is 17.5. The zero-order valence-electron chi connectivity index (χ0n) is 29.0. The second kappa shape index (κ2) is 10.6. The predicted molar refractivity (Wildman–Crippen MR) is 178 cm³/mol. The zero-order valence-corrected chi connectivity index (χ0v) is 29.0. The highest BCUT2D eigenvalue weighted by Crippen LogP contribution is 2.75. The lowest BCUT2D eigenvalue weighted by Crippen LogP contribution is -2.66. The number of anilines is 2. The Hall–Kier alpha value is -2.71. The van der Waals surface area contributed by atoms with Crippen LogP contribution in [0.4, 0.5) is 11.4 Å². The molecule has 0 spiro atoms. The molecular formula is C38H53N2O6-. The van der Waals surface area contributed by atoms with Crippen molar-refractivity contribution < 1.29 is 24.3 Å². The number of nitrogens with one attached hydrogen (secondary N) is 1. The number of benzene rings is 1. The van der Waals surface area contributed by atoms with Crippen LogP contribution in [0.15, 0.2) is 35.9 Å². The van der Waals surface area contributed by atoms with Gasteiger partial charge < -0.3 is 20.5 Å². The number of nitrogens with zero attached hydrogens (tertiary/aromatic N) is 1. The number of hydrogen-bond acceptors (Lipinski definition) is 7. The summed E-state index contributed by atoms with van der Waals surface area (Å²) >= 11 is 0. The van der Waals surface area contributed by atoms with Gasteiger partial charge in [-0.2, -0.15) is 0 Å².